The molecule has 2 aromatic heterocycles. The molecule has 1 aliphatic carbocycles. The molecule has 5 aromatic rings. The van der Waals surface area contributed by atoms with E-state index in [0.29, 0.717) is 21.8 Å². The Kier molecular flexibility index (Phi) is 5.37. The summed E-state index contributed by atoms with van der Waals surface area (Å²) in [5.41, 5.74) is 3.15. The van der Waals surface area contributed by atoms with Crippen molar-refractivity contribution in [3.63, 3.8) is 0 Å². The molecule has 35 heavy (non-hydrogen) atoms. The second-order valence-electron chi connectivity index (χ2n) is 8.75. The molecule has 174 valence electrons. The van der Waals surface area contributed by atoms with Gasteiger partial charge in [-0.2, -0.15) is 0 Å². The number of fused-ring (bicyclic) bond motifs is 3. The topological polar surface area (TPSA) is 81.3 Å². The van der Waals surface area contributed by atoms with Crippen molar-refractivity contribution in [2.24, 2.45) is 0 Å². The summed E-state index contributed by atoms with van der Waals surface area (Å²) >= 11 is 1.35. The number of hydrogen-bond acceptors (Lipinski definition) is 5. The summed E-state index contributed by atoms with van der Waals surface area (Å²) in [4.78, 5) is 26.9. The van der Waals surface area contributed by atoms with Crippen LogP contribution in [0.25, 0.3) is 22.4 Å². The van der Waals surface area contributed by atoms with E-state index < -0.39 is 5.25 Å². The predicted octanol–water partition coefficient (Wildman–Crippen LogP) is 4.45. The number of hydrogen-bond donors (Lipinski definition) is 1. The lowest BCUT2D eigenvalue weighted by atomic mass is 10.1. The molecule has 6 rings (SSSR count). The van der Waals surface area contributed by atoms with Crippen LogP contribution in [0.15, 0.2) is 88.8 Å². The molecule has 1 atom stereocenters. The van der Waals surface area contributed by atoms with E-state index >= 15 is 0 Å². The highest BCUT2D eigenvalue weighted by atomic mass is 32.2. The molecular formula is C27H23N5O2S. The number of para-hydroxylation sites is 2. The first-order valence-electron chi connectivity index (χ1n) is 11.6. The second kappa shape index (κ2) is 8.70. The highest BCUT2D eigenvalue weighted by Gasteiger charge is 2.31. The number of carbonyl (C=O) groups excluding carboxylic acids is 1. The predicted molar refractivity (Wildman–Crippen MR) is 137 cm³/mol. The number of nitrogens with one attached hydrogen (secondary N) is 1. The van der Waals surface area contributed by atoms with Crippen molar-refractivity contribution in [2.75, 3.05) is 0 Å². The Morgan fingerprint density at radius 3 is 2.46 bits per heavy atom. The molecule has 8 heteroatoms. The average Bonchev–Trinajstić information content (AvgIpc) is 3.60. The van der Waals surface area contributed by atoms with Crippen LogP contribution < -0.4 is 10.9 Å². The van der Waals surface area contributed by atoms with Gasteiger partial charge < -0.3 is 5.32 Å². The van der Waals surface area contributed by atoms with E-state index in [1.165, 1.54) is 11.8 Å². The number of aryl methyl sites for hydroxylation is 1. The summed E-state index contributed by atoms with van der Waals surface area (Å²) in [7, 11) is 0. The van der Waals surface area contributed by atoms with E-state index in [0.717, 1.165) is 29.7 Å². The van der Waals surface area contributed by atoms with Crippen LogP contribution in [-0.4, -0.2) is 31.1 Å². The second-order valence-corrected chi connectivity index (χ2v) is 9.83. The molecule has 1 aliphatic rings. The van der Waals surface area contributed by atoms with Gasteiger partial charge in [-0.3, -0.25) is 14.0 Å². The van der Waals surface area contributed by atoms with Gasteiger partial charge in [0.25, 0.3) is 5.56 Å². The van der Waals surface area contributed by atoms with E-state index in [2.05, 4.69) is 15.5 Å². The fourth-order valence-electron chi connectivity index (χ4n) is 4.30. The van der Waals surface area contributed by atoms with Crippen molar-refractivity contribution >= 4 is 34.3 Å². The third-order valence-corrected chi connectivity index (χ3v) is 7.44. The van der Waals surface area contributed by atoms with Gasteiger partial charge in [0.05, 0.1) is 16.6 Å². The highest BCUT2D eigenvalue weighted by molar-refractivity contribution is 8.00. The smallest absolute Gasteiger partial charge is 0.267 e. The Bertz CT molecular complexity index is 1620. The van der Waals surface area contributed by atoms with Crippen molar-refractivity contribution in [3.8, 4) is 5.69 Å². The quantitative estimate of drug-likeness (QED) is 0.362. The molecule has 7 nitrogen and oxygen atoms in total. The van der Waals surface area contributed by atoms with Gasteiger partial charge in [-0.1, -0.05) is 72.4 Å². The van der Waals surface area contributed by atoms with Gasteiger partial charge in [0.2, 0.25) is 11.7 Å². The van der Waals surface area contributed by atoms with E-state index in [9.17, 15) is 9.59 Å². The zero-order chi connectivity index (χ0) is 23.9. The third kappa shape index (κ3) is 3.89. The molecule has 1 N–H and O–H groups in total. The molecule has 1 unspecified atom stereocenters. The fraction of sp³-hybridized carbons (Fsp3) is 0.185. The zero-order valence-corrected chi connectivity index (χ0v) is 19.9. The van der Waals surface area contributed by atoms with Crippen LogP contribution in [0.2, 0.25) is 0 Å². The van der Waals surface area contributed by atoms with E-state index in [4.69, 9.17) is 0 Å². The maximum atomic E-state index is 13.6. The van der Waals surface area contributed by atoms with Gasteiger partial charge >= 0.3 is 0 Å². The number of aromatic nitrogens is 4. The lowest BCUT2D eigenvalue weighted by molar-refractivity contribution is -0.120. The first-order valence-corrected chi connectivity index (χ1v) is 12.5. The molecule has 0 bridgehead atoms. The molecule has 1 amide bonds. The zero-order valence-electron chi connectivity index (χ0n) is 19.1. The standard InChI is InChI=1S/C27H23N5O2S/c1-17-9-5-7-13-21(17)31-25(34)20-12-6-8-14-22(20)32-26(31)29-30-27(32)35-23(18-10-3-2-4-11-18)24(33)28-19-15-16-19/h2-14,19,23H,15-16H2,1H3,(H,28,33). The first-order chi connectivity index (χ1) is 17.1. The SMILES string of the molecule is Cc1ccccc1-n1c(=O)c2ccccc2n2c(SC(C(=O)NC3CC3)c3ccccc3)nnc12. The maximum Gasteiger partial charge on any atom is 0.267 e. The minimum atomic E-state index is -0.498. The Morgan fingerprint density at radius 2 is 1.69 bits per heavy atom. The lowest BCUT2D eigenvalue weighted by Crippen LogP contribution is -2.30. The molecule has 1 saturated carbocycles. The van der Waals surface area contributed by atoms with Crippen LogP contribution >= 0.6 is 11.8 Å². The molecule has 0 saturated heterocycles. The summed E-state index contributed by atoms with van der Waals surface area (Å²) in [6.45, 7) is 1.97. The first kappa shape index (κ1) is 21.6. The van der Waals surface area contributed by atoms with Crippen LogP contribution in [0, 0.1) is 6.92 Å². The van der Waals surface area contributed by atoms with Crippen LogP contribution in [0.1, 0.15) is 29.2 Å². The van der Waals surface area contributed by atoms with Crippen molar-refractivity contribution in [2.45, 2.75) is 36.2 Å². The van der Waals surface area contributed by atoms with E-state index in [1.54, 1.807) is 4.57 Å². The summed E-state index contributed by atoms with van der Waals surface area (Å²) in [6, 6.07) is 25.1. The lowest BCUT2D eigenvalue weighted by Gasteiger charge is -2.17. The monoisotopic (exact) mass is 481 g/mol. The van der Waals surface area contributed by atoms with Crippen molar-refractivity contribution in [3.05, 3.63) is 100 Å². The van der Waals surface area contributed by atoms with Crippen LogP contribution in [-0.2, 0) is 4.79 Å². The van der Waals surface area contributed by atoms with Crippen molar-refractivity contribution < 1.29 is 4.79 Å². The number of nitrogens with zero attached hydrogens (tertiary/aromatic N) is 4. The molecule has 0 radical (unpaired) electrons. The van der Waals surface area contributed by atoms with Crippen LogP contribution in [0.5, 0.6) is 0 Å². The Morgan fingerprint density at radius 1 is 0.971 bits per heavy atom. The molecule has 3 aromatic carbocycles. The van der Waals surface area contributed by atoms with Gasteiger partial charge in [-0.25, -0.2) is 4.57 Å². The molecule has 1 fully saturated rings. The van der Waals surface area contributed by atoms with Gasteiger partial charge in [-0.05, 0) is 49.1 Å². The van der Waals surface area contributed by atoms with Crippen molar-refractivity contribution in [1.82, 2.24) is 24.5 Å². The normalized spacial score (nSPS) is 14.3. The van der Waals surface area contributed by atoms with Crippen LogP contribution in [0.4, 0.5) is 0 Å². The van der Waals surface area contributed by atoms with E-state index in [-0.39, 0.29) is 17.5 Å². The molecule has 0 spiro atoms. The fourth-order valence-corrected chi connectivity index (χ4v) is 5.35. The molecule has 2 heterocycles. The average molecular weight is 482 g/mol. The van der Waals surface area contributed by atoms with Gasteiger partial charge in [0.1, 0.15) is 5.25 Å². The Labute approximate surface area is 205 Å². The Hall–Kier alpha value is -3.91. The largest absolute Gasteiger partial charge is 0.352 e. The van der Waals surface area contributed by atoms with Gasteiger partial charge in [-0.15, -0.1) is 10.2 Å². The van der Waals surface area contributed by atoms with E-state index in [1.807, 2.05) is 90.2 Å². The van der Waals surface area contributed by atoms with Crippen molar-refractivity contribution in [1.29, 1.82) is 0 Å². The summed E-state index contributed by atoms with van der Waals surface area (Å²) in [5.74, 6) is 0.372. The maximum absolute atomic E-state index is 13.6. The summed E-state index contributed by atoms with van der Waals surface area (Å²) < 4.78 is 3.49. The number of benzene rings is 3. The van der Waals surface area contributed by atoms with Crippen LogP contribution in [0.3, 0.4) is 0 Å². The summed E-state index contributed by atoms with van der Waals surface area (Å²) in [5, 5.41) is 12.7. The Balaban J connectivity index is 1.56. The summed E-state index contributed by atoms with van der Waals surface area (Å²) in [6.07, 6.45) is 2.03. The number of amides is 1. The van der Waals surface area contributed by atoms with Gasteiger partial charge in [0, 0.05) is 6.04 Å². The minimum absolute atomic E-state index is 0.0445. The minimum Gasteiger partial charge on any atom is -0.352 e. The number of thioether (sulfide) groups is 1. The number of carbonyl (C=O) groups is 1. The number of rotatable bonds is 6. The molecule has 0 aliphatic heterocycles. The third-order valence-electron chi connectivity index (χ3n) is 6.24. The van der Waals surface area contributed by atoms with Gasteiger partial charge in [0.15, 0.2) is 5.16 Å². The molecular weight excluding hydrogens is 458 g/mol. The highest BCUT2D eigenvalue weighted by Crippen LogP contribution is 2.36.